The second-order valence-corrected chi connectivity index (χ2v) is 7.85. The predicted molar refractivity (Wildman–Crippen MR) is 107 cm³/mol. The lowest BCUT2D eigenvalue weighted by Crippen LogP contribution is -2.49. The second-order valence-electron chi connectivity index (χ2n) is 7.85. The lowest BCUT2D eigenvalue weighted by Gasteiger charge is -2.37. The van der Waals surface area contributed by atoms with Gasteiger partial charge in [-0.1, -0.05) is 26.2 Å². The first-order valence-corrected chi connectivity index (χ1v) is 9.89. The zero-order valence-corrected chi connectivity index (χ0v) is 16.9. The van der Waals surface area contributed by atoms with Crippen LogP contribution in [0.5, 0.6) is 0 Å². The van der Waals surface area contributed by atoms with Gasteiger partial charge in [-0.3, -0.25) is 14.3 Å². The summed E-state index contributed by atoms with van der Waals surface area (Å²) in [5.74, 6) is 0.524. The molecule has 8 heteroatoms. The molecular weight excluding hydrogens is 366 g/mol. The molecule has 0 aromatic carbocycles. The van der Waals surface area contributed by atoms with Crippen LogP contribution < -0.4 is 11.1 Å². The first-order valence-electron chi connectivity index (χ1n) is 9.89. The Bertz CT molecular complexity index is 629. The first-order chi connectivity index (χ1) is 12.6. The summed E-state index contributed by atoms with van der Waals surface area (Å²) in [6, 6.07) is 0.373. The quantitative estimate of drug-likeness (QED) is 0.794. The van der Waals surface area contributed by atoms with Gasteiger partial charge in [-0.05, 0) is 31.6 Å². The van der Waals surface area contributed by atoms with Gasteiger partial charge >= 0.3 is 0 Å². The molecule has 1 aliphatic heterocycles. The summed E-state index contributed by atoms with van der Waals surface area (Å²) in [7, 11) is 0. The number of nitrogens with zero attached hydrogens (tertiary/aromatic N) is 3. The van der Waals surface area contributed by atoms with E-state index >= 15 is 0 Å². The van der Waals surface area contributed by atoms with Crippen LogP contribution in [0.15, 0.2) is 12.4 Å². The molecule has 1 aromatic heterocycles. The summed E-state index contributed by atoms with van der Waals surface area (Å²) in [6.07, 6.45) is 10.9. The van der Waals surface area contributed by atoms with E-state index in [0.29, 0.717) is 18.0 Å². The number of halogens is 1. The molecule has 27 heavy (non-hydrogen) atoms. The maximum atomic E-state index is 12.8. The summed E-state index contributed by atoms with van der Waals surface area (Å²) >= 11 is 0. The van der Waals surface area contributed by atoms with E-state index in [1.165, 1.54) is 19.3 Å². The highest BCUT2D eigenvalue weighted by Crippen LogP contribution is 2.23. The Kier molecular flexibility index (Phi) is 8.10. The third-order valence-electron chi connectivity index (χ3n) is 5.67. The monoisotopic (exact) mass is 397 g/mol. The van der Waals surface area contributed by atoms with Crippen LogP contribution in [-0.4, -0.2) is 51.7 Å². The summed E-state index contributed by atoms with van der Waals surface area (Å²) < 4.78 is 1.55. The molecule has 0 spiro atoms. The van der Waals surface area contributed by atoms with Crippen LogP contribution in [0.4, 0.5) is 0 Å². The number of piperidine rings is 1. The van der Waals surface area contributed by atoms with E-state index in [-0.39, 0.29) is 42.8 Å². The molecule has 1 aliphatic carbocycles. The van der Waals surface area contributed by atoms with Gasteiger partial charge < -0.3 is 16.0 Å². The van der Waals surface area contributed by atoms with Crippen molar-refractivity contribution >= 4 is 24.2 Å². The molecule has 7 nitrogen and oxygen atoms in total. The van der Waals surface area contributed by atoms with Crippen LogP contribution in [0, 0.1) is 5.92 Å². The van der Waals surface area contributed by atoms with Crippen molar-refractivity contribution in [2.75, 3.05) is 13.1 Å². The number of nitrogens with one attached hydrogen (secondary N) is 1. The van der Waals surface area contributed by atoms with Crippen molar-refractivity contribution < 1.29 is 9.59 Å². The molecular formula is C19H32ClN5O2. The standard InChI is InChI=1S/C19H31N5O2.ClH/c1-14-7-8-24(17(9-14)10-20)19(26)15-11-21-23(12-15)13-18(25)22-16-5-3-2-4-6-16;/h11-12,14,16-17H,2-10,13,20H2,1H3,(H,22,25);1H. The number of carbonyl (C=O) groups excluding carboxylic acids is 2. The third-order valence-corrected chi connectivity index (χ3v) is 5.67. The highest BCUT2D eigenvalue weighted by atomic mass is 35.5. The van der Waals surface area contributed by atoms with Gasteiger partial charge in [0.25, 0.3) is 5.91 Å². The normalized spacial score (nSPS) is 23.6. The minimum Gasteiger partial charge on any atom is -0.352 e. The van der Waals surface area contributed by atoms with Crippen LogP contribution in [-0.2, 0) is 11.3 Å². The summed E-state index contributed by atoms with van der Waals surface area (Å²) in [6.45, 7) is 3.57. The van der Waals surface area contributed by atoms with Crippen LogP contribution in [0.3, 0.4) is 0 Å². The summed E-state index contributed by atoms with van der Waals surface area (Å²) in [4.78, 5) is 26.9. The molecule has 1 saturated heterocycles. The maximum absolute atomic E-state index is 12.8. The molecule has 2 aliphatic rings. The van der Waals surface area contributed by atoms with E-state index in [2.05, 4.69) is 17.3 Å². The van der Waals surface area contributed by atoms with Crippen molar-refractivity contribution in [2.24, 2.45) is 11.7 Å². The average Bonchev–Trinajstić information content (AvgIpc) is 3.10. The highest BCUT2D eigenvalue weighted by Gasteiger charge is 2.30. The molecule has 0 bridgehead atoms. The number of nitrogens with two attached hydrogens (primary N) is 1. The Labute approximate surface area is 167 Å². The molecule has 1 aromatic rings. The minimum atomic E-state index is -0.0365. The first kappa shape index (κ1) is 21.7. The lowest BCUT2D eigenvalue weighted by molar-refractivity contribution is -0.122. The van der Waals surface area contributed by atoms with E-state index in [0.717, 1.165) is 32.2 Å². The number of aromatic nitrogens is 2. The Morgan fingerprint density at radius 2 is 2.00 bits per heavy atom. The molecule has 152 valence electrons. The third kappa shape index (κ3) is 5.69. The van der Waals surface area contributed by atoms with Crippen LogP contribution in [0.1, 0.15) is 62.2 Å². The van der Waals surface area contributed by atoms with Crippen molar-refractivity contribution in [3.05, 3.63) is 18.0 Å². The van der Waals surface area contributed by atoms with E-state index < -0.39 is 0 Å². The van der Waals surface area contributed by atoms with Crippen LogP contribution in [0.25, 0.3) is 0 Å². The van der Waals surface area contributed by atoms with Gasteiger partial charge in [-0.15, -0.1) is 12.4 Å². The van der Waals surface area contributed by atoms with Gasteiger partial charge in [-0.2, -0.15) is 5.10 Å². The lowest BCUT2D eigenvalue weighted by atomic mass is 9.92. The number of rotatable bonds is 5. The SMILES string of the molecule is CC1CCN(C(=O)c2cnn(CC(=O)NC3CCCCC3)c2)C(CN)C1.Cl. The summed E-state index contributed by atoms with van der Waals surface area (Å²) in [5.41, 5.74) is 6.40. The van der Waals surface area contributed by atoms with Crippen molar-refractivity contribution in [2.45, 2.75) is 70.5 Å². The largest absolute Gasteiger partial charge is 0.352 e. The molecule has 2 heterocycles. The number of amides is 2. The van der Waals surface area contributed by atoms with Crippen LogP contribution >= 0.6 is 12.4 Å². The fourth-order valence-corrected chi connectivity index (χ4v) is 4.14. The van der Waals surface area contributed by atoms with Crippen molar-refractivity contribution in [1.29, 1.82) is 0 Å². The van der Waals surface area contributed by atoms with Crippen LogP contribution in [0.2, 0.25) is 0 Å². The summed E-state index contributed by atoms with van der Waals surface area (Å²) in [5, 5.41) is 7.29. The molecule has 2 atom stereocenters. The van der Waals surface area contributed by atoms with Gasteiger partial charge in [0, 0.05) is 31.4 Å². The molecule has 3 rings (SSSR count). The molecule has 0 radical (unpaired) electrons. The average molecular weight is 398 g/mol. The molecule has 1 saturated carbocycles. The van der Waals surface area contributed by atoms with Gasteiger partial charge in [-0.25, -0.2) is 0 Å². The fourth-order valence-electron chi connectivity index (χ4n) is 4.14. The predicted octanol–water partition coefficient (Wildman–Crippen LogP) is 1.95. The molecule has 2 unspecified atom stereocenters. The maximum Gasteiger partial charge on any atom is 0.257 e. The van der Waals surface area contributed by atoms with Gasteiger partial charge in [0.2, 0.25) is 5.91 Å². The molecule has 2 fully saturated rings. The molecule has 3 N–H and O–H groups in total. The Morgan fingerprint density at radius 1 is 1.26 bits per heavy atom. The second kappa shape index (κ2) is 10.1. The van der Waals surface area contributed by atoms with Gasteiger partial charge in [0.1, 0.15) is 6.54 Å². The van der Waals surface area contributed by atoms with Crippen molar-refractivity contribution in [3.63, 3.8) is 0 Å². The fraction of sp³-hybridized carbons (Fsp3) is 0.737. The number of hydrogen-bond donors (Lipinski definition) is 2. The zero-order valence-electron chi connectivity index (χ0n) is 16.1. The molecule has 2 amide bonds. The van der Waals surface area contributed by atoms with Crippen molar-refractivity contribution in [1.82, 2.24) is 20.0 Å². The number of hydrogen-bond acceptors (Lipinski definition) is 4. The Hall–Kier alpha value is -1.60. The van der Waals surface area contributed by atoms with Crippen molar-refractivity contribution in [3.8, 4) is 0 Å². The van der Waals surface area contributed by atoms with Gasteiger partial charge in [0.15, 0.2) is 0 Å². The number of likely N-dealkylation sites (tertiary alicyclic amines) is 1. The van der Waals surface area contributed by atoms with Gasteiger partial charge in [0.05, 0.1) is 11.8 Å². The Morgan fingerprint density at radius 3 is 2.70 bits per heavy atom. The Balaban J connectivity index is 0.00000261. The smallest absolute Gasteiger partial charge is 0.257 e. The van der Waals surface area contributed by atoms with E-state index in [1.54, 1.807) is 17.1 Å². The topological polar surface area (TPSA) is 93.2 Å². The zero-order chi connectivity index (χ0) is 18.5. The van der Waals surface area contributed by atoms with E-state index in [9.17, 15) is 9.59 Å². The minimum absolute atomic E-state index is 0. The highest BCUT2D eigenvalue weighted by molar-refractivity contribution is 5.94. The number of carbonyl (C=O) groups is 2. The van der Waals surface area contributed by atoms with E-state index in [4.69, 9.17) is 5.73 Å². The van der Waals surface area contributed by atoms with E-state index in [1.807, 2.05) is 4.90 Å².